The van der Waals surface area contributed by atoms with Gasteiger partial charge >= 0.3 is 0 Å². The number of aliphatic hydroxyl groups is 1. The minimum absolute atomic E-state index is 0.0966. The summed E-state index contributed by atoms with van der Waals surface area (Å²) < 4.78 is 6.18. The van der Waals surface area contributed by atoms with Crippen molar-refractivity contribution in [3.05, 3.63) is 0 Å². The third kappa shape index (κ3) is 2.05. The number of aliphatic hydroxyl groups excluding tert-OH is 1. The van der Waals surface area contributed by atoms with E-state index in [1.165, 1.54) is 0 Å². The van der Waals surface area contributed by atoms with Crippen LogP contribution in [0.2, 0.25) is 0 Å². The lowest BCUT2D eigenvalue weighted by Gasteiger charge is -2.26. The van der Waals surface area contributed by atoms with Gasteiger partial charge in [-0.15, -0.1) is 0 Å². The van der Waals surface area contributed by atoms with Gasteiger partial charge in [0.25, 0.3) is 0 Å². The molecule has 0 radical (unpaired) electrons. The Labute approximate surface area is 68.7 Å². The van der Waals surface area contributed by atoms with Gasteiger partial charge in [-0.3, -0.25) is 0 Å². The summed E-state index contributed by atoms with van der Waals surface area (Å²) in [4.78, 5) is 0. The molecule has 1 N–H and O–H groups in total. The van der Waals surface area contributed by atoms with Crippen molar-refractivity contribution in [2.24, 2.45) is 0 Å². The molecule has 1 aliphatic rings. The summed E-state index contributed by atoms with van der Waals surface area (Å²) in [7, 11) is 0. The van der Waals surface area contributed by atoms with E-state index in [0.29, 0.717) is 0 Å². The first-order valence-corrected chi connectivity index (χ1v) is 4.73. The molecule has 0 saturated carbocycles. The minimum Gasteiger partial charge on any atom is -0.390 e. The molecule has 2 nitrogen and oxygen atoms in total. The zero-order valence-corrected chi connectivity index (χ0v) is 7.37. The molecule has 1 aliphatic heterocycles. The van der Waals surface area contributed by atoms with Gasteiger partial charge in [-0.1, -0.05) is 22.6 Å². The molecule has 0 bridgehead atoms. The van der Waals surface area contributed by atoms with E-state index >= 15 is 0 Å². The Kier molecular flexibility index (Phi) is 3.21. The SMILES string of the molecule is O[C@@H]1CCCOC1CI. The van der Waals surface area contributed by atoms with Crippen LogP contribution in [0.4, 0.5) is 0 Å². The monoisotopic (exact) mass is 242 g/mol. The van der Waals surface area contributed by atoms with Crippen LogP contribution in [0, 0.1) is 0 Å². The maximum Gasteiger partial charge on any atom is 0.0922 e. The molecular formula is C6H11IO2. The predicted molar refractivity (Wildman–Crippen MR) is 43.9 cm³/mol. The first-order chi connectivity index (χ1) is 4.34. The number of hydrogen-bond acceptors (Lipinski definition) is 2. The van der Waals surface area contributed by atoms with Crippen molar-refractivity contribution in [1.82, 2.24) is 0 Å². The lowest BCUT2D eigenvalue weighted by Crippen LogP contribution is -2.34. The van der Waals surface area contributed by atoms with Crippen LogP contribution in [0.1, 0.15) is 12.8 Å². The molecule has 2 atom stereocenters. The Morgan fingerprint density at radius 3 is 2.89 bits per heavy atom. The number of hydrogen-bond donors (Lipinski definition) is 1. The summed E-state index contributed by atoms with van der Waals surface area (Å²) in [5.41, 5.74) is 0. The quantitative estimate of drug-likeness (QED) is 0.548. The molecule has 0 aromatic rings. The maximum atomic E-state index is 9.24. The number of alkyl halides is 1. The molecule has 1 unspecified atom stereocenters. The Morgan fingerprint density at radius 2 is 2.44 bits per heavy atom. The third-order valence-electron chi connectivity index (χ3n) is 1.56. The Bertz CT molecular complexity index is 87.1. The Morgan fingerprint density at radius 1 is 1.67 bits per heavy atom. The highest BCUT2D eigenvalue weighted by Gasteiger charge is 2.21. The fourth-order valence-electron chi connectivity index (χ4n) is 0.972. The zero-order chi connectivity index (χ0) is 6.69. The third-order valence-corrected chi connectivity index (χ3v) is 2.43. The van der Waals surface area contributed by atoms with Crippen LogP contribution in [0.25, 0.3) is 0 Å². The van der Waals surface area contributed by atoms with Crippen molar-refractivity contribution >= 4 is 22.6 Å². The van der Waals surface area contributed by atoms with E-state index in [1.807, 2.05) is 0 Å². The minimum atomic E-state index is -0.212. The molecule has 1 heterocycles. The molecule has 0 spiro atoms. The fraction of sp³-hybridized carbons (Fsp3) is 1.00. The van der Waals surface area contributed by atoms with Crippen molar-refractivity contribution in [2.45, 2.75) is 25.0 Å². The van der Waals surface area contributed by atoms with Gasteiger partial charge in [-0.25, -0.2) is 0 Å². The second-order valence-electron chi connectivity index (χ2n) is 2.27. The van der Waals surface area contributed by atoms with Gasteiger partial charge in [0.15, 0.2) is 0 Å². The molecular weight excluding hydrogens is 231 g/mol. The van der Waals surface area contributed by atoms with Crippen LogP contribution in [0.5, 0.6) is 0 Å². The van der Waals surface area contributed by atoms with Gasteiger partial charge in [-0.05, 0) is 12.8 Å². The first kappa shape index (κ1) is 7.75. The number of halogens is 1. The van der Waals surface area contributed by atoms with Gasteiger partial charge in [-0.2, -0.15) is 0 Å². The lowest BCUT2D eigenvalue weighted by atomic mass is 10.1. The van der Waals surface area contributed by atoms with E-state index < -0.39 is 0 Å². The average Bonchev–Trinajstić information content (AvgIpc) is 1.89. The first-order valence-electron chi connectivity index (χ1n) is 3.20. The van der Waals surface area contributed by atoms with Gasteiger partial charge < -0.3 is 9.84 Å². The zero-order valence-electron chi connectivity index (χ0n) is 5.22. The van der Waals surface area contributed by atoms with Crippen LogP contribution in [-0.2, 0) is 4.74 Å². The smallest absolute Gasteiger partial charge is 0.0922 e. The average molecular weight is 242 g/mol. The van der Waals surface area contributed by atoms with Gasteiger partial charge in [0, 0.05) is 11.0 Å². The molecule has 0 aromatic heterocycles. The molecule has 1 fully saturated rings. The molecule has 9 heavy (non-hydrogen) atoms. The summed E-state index contributed by atoms with van der Waals surface area (Å²) in [6.07, 6.45) is 1.80. The van der Waals surface area contributed by atoms with Crippen molar-refractivity contribution in [3.63, 3.8) is 0 Å². The second kappa shape index (κ2) is 3.73. The lowest BCUT2D eigenvalue weighted by molar-refractivity contribution is -0.0594. The maximum absolute atomic E-state index is 9.24. The summed E-state index contributed by atoms with van der Waals surface area (Å²) >= 11 is 2.24. The molecule has 0 aromatic carbocycles. The summed E-state index contributed by atoms with van der Waals surface area (Å²) in [6.45, 7) is 0.824. The van der Waals surface area contributed by atoms with Gasteiger partial charge in [0.2, 0.25) is 0 Å². The van der Waals surface area contributed by atoms with Crippen molar-refractivity contribution < 1.29 is 9.84 Å². The highest BCUT2D eigenvalue weighted by atomic mass is 127. The summed E-state index contributed by atoms with van der Waals surface area (Å²) in [5.74, 6) is 0. The van der Waals surface area contributed by atoms with E-state index in [-0.39, 0.29) is 12.2 Å². The molecule has 1 rings (SSSR count). The molecule has 0 aliphatic carbocycles. The predicted octanol–water partition coefficient (Wildman–Crippen LogP) is 0.961. The molecule has 0 amide bonds. The van der Waals surface area contributed by atoms with Crippen LogP contribution >= 0.6 is 22.6 Å². The van der Waals surface area contributed by atoms with Crippen LogP contribution in [0.3, 0.4) is 0 Å². The molecule has 3 heteroatoms. The Balaban J connectivity index is 2.30. The normalized spacial score (nSPS) is 36.7. The highest BCUT2D eigenvalue weighted by Crippen LogP contribution is 2.15. The van der Waals surface area contributed by atoms with E-state index in [4.69, 9.17) is 4.74 Å². The van der Waals surface area contributed by atoms with Crippen molar-refractivity contribution in [2.75, 3.05) is 11.0 Å². The largest absolute Gasteiger partial charge is 0.390 e. The Hall–Kier alpha value is 0.650. The topological polar surface area (TPSA) is 29.5 Å². The second-order valence-corrected chi connectivity index (χ2v) is 3.15. The highest BCUT2D eigenvalue weighted by molar-refractivity contribution is 14.1. The molecule has 54 valence electrons. The molecule has 1 saturated heterocycles. The van der Waals surface area contributed by atoms with Gasteiger partial charge in [0.1, 0.15) is 0 Å². The van der Waals surface area contributed by atoms with E-state index in [2.05, 4.69) is 22.6 Å². The van der Waals surface area contributed by atoms with Crippen LogP contribution in [0.15, 0.2) is 0 Å². The summed E-state index contributed by atoms with van der Waals surface area (Å²) in [5, 5.41) is 9.24. The fourth-order valence-corrected chi connectivity index (χ4v) is 1.81. The van der Waals surface area contributed by atoms with E-state index in [9.17, 15) is 5.11 Å². The summed E-state index contributed by atoms with van der Waals surface area (Å²) in [6, 6.07) is 0. The number of ether oxygens (including phenoxy) is 1. The van der Waals surface area contributed by atoms with Crippen LogP contribution in [-0.4, -0.2) is 28.3 Å². The van der Waals surface area contributed by atoms with Crippen molar-refractivity contribution in [1.29, 1.82) is 0 Å². The standard InChI is InChI=1S/C6H11IO2/c7-4-6-5(8)2-1-3-9-6/h5-6,8H,1-4H2/t5-,6?/m1/s1. The number of rotatable bonds is 1. The van der Waals surface area contributed by atoms with E-state index in [0.717, 1.165) is 23.9 Å². The van der Waals surface area contributed by atoms with Crippen LogP contribution < -0.4 is 0 Å². The van der Waals surface area contributed by atoms with E-state index in [1.54, 1.807) is 0 Å². The van der Waals surface area contributed by atoms with Gasteiger partial charge in [0.05, 0.1) is 12.2 Å². The van der Waals surface area contributed by atoms with Crippen molar-refractivity contribution in [3.8, 4) is 0 Å².